The van der Waals surface area contributed by atoms with E-state index >= 15 is 0 Å². The third kappa shape index (κ3) is 7.69. The standard InChI is InChI=1S/C41H41ClN8O5S/c42-30-4-2-26(3-5-30)35-22-41(10-1-11-41)12-8-28(35)25-48-14-16-49(17-15-48)31-6-7-34(37(20-31)55-32-18-27-9-13-45-39(27)46-24-32)40(51)47-56(54)33-19-29(23-43)38(44)36(21-33)50(52)53/h2-7,9,13,18-21,23-24,44H,1,8,10-12,14-17,22,25,43H2,(H,45,46)(H,47,51)/b29-23-,44-38?. The molecule has 288 valence electrons. The number of nitrogens with zero attached hydrogens (tertiary/aromatic N) is 4. The van der Waals surface area contributed by atoms with E-state index in [2.05, 4.69) is 36.6 Å². The van der Waals surface area contributed by atoms with Gasteiger partial charge in [0.2, 0.25) is 0 Å². The highest BCUT2D eigenvalue weighted by Crippen LogP contribution is 2.55. The Morgan fingerprint density at radius 2 is 1.89 bits per heavy atom. The van der Waals surface area contributed by atoms with Crippen molar-refractivity contribution < 1.29 is 19.0 Å². The van der Waals surface area contributed by atoms with Crippen LogP contribution in [0.15, 0.2) is 107 Å². The van der Waals surface area contributed by atoms with Crippen LogP contribution < -0.4 is 20.1 Å². The van der Waals surface area contributed by atoms with Crippen LogP contribution >= 0.6 is 11.6 Å². The predicted molar refractivity (Wildman–Crippen MR) is 219 cm³/mol. The van der Waals surface area contributed by atoms with Gasteiger partial charge in [-0.2, -0.15) is 4.72 Å². The summed E-state index contributed by atoms with van der Waals surface area (Å²) in [6, 6.07) is 17.3. The predicted octanol–water partition coefficient (Wildman–Crippen LogP) is 7.25. The van der Waals surface area contributed by atoms with Crippen LogP contribution in [0, 0.1) is 20.9 Å². The molecular formula is C41H41ClN8O5S. The van der Waals surface area contributed by atoms with Gasteiger partial charge in [0.05, 0.1) is 22.8 Å². The number of ether oxygens (including phenoxy) is 1. The zero-order chi connectivity index (χ0) is 39.0. The number of aromatic nitrogens is 2. The SMILES string of the molecule is N=C1C([N+](=O)[O-])=CC([S+]([O-])NC(=O)c2ccc(N3CCN(CC4=C(c5ccc(Cl)cc5)CC5(CCC5)CC4)CC3)cc2Oc2cnc3[nH]ccc3c2)=C/C1=C/N. The van der Waals surface area contributed by atoms with Gasteiger partial charge in [-0.05, 0) is 85.1 Å². The lowest BCUT2D eigenvalue weighted by molar-refractivity contribution is -0.415. The van der Waals surface area contributed by atoms with Gasteiger partial charge >= 0.3 is 0 Å². The van der Waals surface area contributed by atoms with E-state index in [4.69, 9.17) is 27.5 Å². The number of nitrogens with one attached hydrogen (secondary N) is 3. The lowest BCUT2D eigenvalue weighted by Crippen LogP contribution is -2.47. The number of carbonyl (C=O) groups is 1. The molecule has 2 aromatic heterocycles. The Labute approximate surface area is 331 Å². The monoisotopic (exact) mass is 792 g/mol. The summed E-state index contributed by atoms with van der Waals surface area (Å²) in [5, 5.41) is 21.2. The molecule has 1 spiro atoms. The van der Waals surface area contributed by atoms with E-state index in [0.717, 1.165) is 73.9 Å². The number of hydrogen-bond donors (Lipinski definition) is 4. The molecule has 1 saturated heterocycles. The first-order valence-electron chi connectivity index (χ1n) is 18.6. The number of hydrogen-bond acceptors (Lipinski definition) is 10. The van der Waals surface area contributed by atoms with Crippen molar-refractivity contribution in [2.24, 2.45) is 11.1 Å². The molecule has 2 aromatic carbocycles. The lowest BCUT2D eigenvalue weighted by Gasteiger charge is -2.47. The fraction of sp³-hybridized carbons (Fsp3) is 0.293. The molecule has 1 aliphatic heterocycles. The average Bonchev–Trinajstić information content (AvgIpc) is 3.66. The number of pyridine rings is 1. The van der Waals surface area contributed by atoms with Crippen molar-refractivity contribution in [3.05, 3.63) is 133 Å². The van der Waals surface area contributed by atoms with E-state index in [0.29, 0.717) is 16.8 Å². The molecule has 3 heterocycles. The first-order valence-corrected chi connectivity index (χ1v) is 20.1. The third-order valence-electron chi connectivity index (χ3n) is 11.4. The summed E-state index contributed by atoms with van der Waals surface area (Å²) in [6.07, 6.45) is 14.1. The van der Waals surface area contributed by atoms with Crippen LogP contribution in [-0.4, -0.2) is 68.7 Å². The number of H-pyrrole nitrogens is 1. The summed E-state index contributed by atoms with van der Waals surface area (Å²) in [5.41, 5.74) is 11.0. The van der Waals surface area contributed by atoms with E-state index in [1.165, 1.54) is 48.5 Å². The zero-order valence-corrected chi connectivity index (χ0v) is 32.1. The second kappa shape index (κ2) is 15.6. The van der Waals surface area contributed by atoms with Gasteiger partial charge in [-0.15, -0.1) is 0 Å². The Bertz CT molecular complexity index is 2340. The number of allylic oxidation sites excluding steroid dienone is 4. The molecule has 1 amide bonds. The van der Waals surface area contributed by atoms with Crippen LogP contribution in [0.1, 0.15) is 54.4 Å². The summed E-state index contributed by atoms with van der Waals surface area (Å²) >= 11 is 4.04. The number of anilines is 1. The molecule has 1 saturated carbocycles. The molecule has 13 nitrogen and oxygen atoms in total. The third-order valence-corrected chi connectivity index (χ3v) is 12.7. The Hall–Kier alpha value is -5.41. The highest BCUT2D eigenvalue weighted by Gasteiger charge is 2.41. The molecule has 3 aliphatic carbocycles. The van der Waals surface area contributed by atoms with Gasteiger partial charge in [0.15, 0.2) is 4.91 Å². The quantitative estimate of drug-likeness (QED) is 0.0728. The molecule has 0 bridgehead atoms. The largest absolute Gasteiger partial charge is 0.588 e. The van der Waals surface area contributed by atoms with E-state index < -0.39 is 33.6 Å². The van der Waals surface area contributed by atoms with Gasteiger partial charge in [-0.3, -0.25) is 25.2 Å². The molecule has 8 rings (SSSR count). The molecule has 1 unspecified atom stereocenters. The fourth-order valence-corrected chi connectivity index (χ4v) is 9.08. The molecule has 2 fully saturated rings. The molecule has 4 aliphatic rings. The van der Waals surface area contributed by atoms with Crippen LogP contribution in [0.4, 0.5) is 5.69 Å². The van der Waals surface area contributed by atoms with Crippen molar-refractivity contribution in [3.8, 4) is 11.5 Å². The smallest absolute Gasteiger partial charge is 0.299 e. The van der Waals surface area contributed by atoms with Crippen LogP contribution in [0.3, 0.4) is 0 Å². The highest BCUT2D eigenvalue weighted by atomic mass is 35.5. The minimum atomic E-state index is -2.22. The molecule has 15 heteroatoms. The van der Waals surface area contributed by atoms with Crippen LogP contribution in [0.25, 0.3) is 16.6 Å². The molecule has 4 aromatic rings. The Balaban J connectivity index is 1.01. The summed E-state index contributed by atoms with van der Waals surface area (Å²) in [7, 11) is 0. The van der Waals surface area contributed by atoms with Crippen molar-refractivity contribution in [1.82, 2.24) is 19.6 Å². The van der Waals surface area contributed by atoms with Gasteiger partial charge in [0.25, 0.3) is 11.6 Å². The Morgan fingerprint density at radius 1 is 1.11 bits per heavy atom. The summed E-state index contributed by atoms with van der Waals surface area (Å²) < 4.78 is 22.1. The van der Waals surface area contributed by atoms with Gasteiger partial charge < -0.3 is 24.9 Å². The number of nitro groups is 1. The number of carbonyl (C=O) groups excluding carboxylic acids is 1. The van der Waals surface area contributed by atoms with Crippen molar-refractivity contribution >= 4 is 56.9 Å². The topological polar surface area (TPSA) is 190 Å². The van der Waals surface area contributed by atoms with E-state index in [1.807, 2.05) is 30.3 Å². The minimum Gasteiger partial charge on any atom is -0.588 e. The maximum atomic E-state index is 13.7. The number of halogens is 1. The summed E-state index contributed by atoms with van der Waals surface area (Å²) in [6.45, 7) is 4.19. The second-order valence-electron chi connectivity index (χ2n) is 14.8. The van der Waals surface area contributed by atoms with E-state index in [1.54, 1.807) is 24.5 Å². The average molecular weight is 793 g/mol. The fourth-order valence-electron chi connectivity index (χ4n) is 8.11. The highest BCUT2D eigenvalue weighted by molar-refractivity contribution is 7.94. The number of aromatic amines is 1. The summed E-state index contributed by atoms with van der Waals surface area (Å²) in [5.74, 6) is -0.0911. The summed E-state index contributed by atoms with van der Waals surface area (Å²) in [4.78, 5) is 36.8. The normalized spacial score (nSPS) is 19.8. The minimum absolute atomic E-state index is 0.0115. The first kappa shape index (κ1) is 37.5. The molecule has 5 N–H and O–H groups in total. The molecule has 1 atom stereocenters. The van der Waals surface area contributed by atoms with Gasteiger partial charge in [-0.25, -0.2) is 4.98 Å². The van der Waals surface area contributed by atoms with E-state index in [9.17, 15) is 19.5 Å². The Kier molecular flexibility index (Phi) is 10.5. The van der Waals surface area contributed by atoms with Crippen molar-refractivity contribution in [3.63, 3.8) is 0 Å². The van der Waals surface area contributed by atoms with Crippen LogP contribution in [0.5, 0.6) is 11.5 Å². The first-order chi connectivity index (χ1) is 27.1. The number of amides is 1. The van der Waals surface area contributed by atoms with Crippen molar-refractivity contribution in [2.45, 2.75) is 38.5 Å². The van der Waals surface area contributed by atoms with E-state index in [-0.39, 0.29) is 21.8 Å². The maximum Gasteiger partial charge on any atom is 0.299 e. The van der Waals surface area contributed by atoms with Crippen LogP contribution in [-0.2, 0) is 11.4 Å². The molecular weight excluding hydrogens is 752 g/mol. The lowest BCUT2D eigenvalue weighted by atomic mass is 9.59. The molecule has 56 heavy (non-hydrogen) atoms. The number of nitrogens with two attached hydrogens (primary N) is 1. The van der Waals surface area contributed by atoms with Gasteiger partial charge in [-0.1, -0.05) is 35.7 Å². The Morgan fingerprint density at radius 3 is 2.61 bits per heavy atom. The zero-order valence-electron chi connectivity index (χ0n) is 30.6. The molecule has 0 radical (unpaired) electrons. The van der Waals surface area contributed by atoms with Crippen LogP contribution in [0.2, 0.25) is 5.02 Å². The van der Waals surface area contributed by atoms with Crippen molar-refractivity contribution in [2.75, 3.05) is 37.6 Å². The second-order valence-corrected chi connectivity index (χ2v) is 16.4. The van der Waals surface area contributed by atoms with Gasteiger partial charge in [0, 0.05) is 78.9 Å². The maximum absolute atomic E-state index is 13.7. The van der Waals surface area contributed by atoms with Crippen molar-refractivity contribution in [1.29, 1.82) is 5.41 Å². The number of fused-ring (bicyclic) bond motifs is 1. The number of piperazine rings is 1. The number of rotatable bonds is 10. The number of benzene rings is 2. The van der Waals surface area contributed by atoms with Gasteiger partial charge in [0.1, 0.15) is 34.2 Å².